The molecule has 178 valence electrons. The minimum Gasteiger partial charge on any atom is -0.355 e. The average molecular weight is 480 g/mol. The van der Waals surface area contributed by atoms with Gasteiger partial charge in [-0.2, -0.15) is 0 Å². The quantitative estimate of drug-likeness (QED) is 0.251. The van der Waals surface area contributed by atoms with Gasteiger partial charge in [0.2, 0.25) is 0 Å². The van der Waals surface area contributed by atoms with Crippen LogP contribution in [0.2, 0.25) is 0 Å². The first-order valence-corrected chi connectivity index (χ1v) is 12.2. The SMILES string of the molecule is C=CCc1cc2cc3ccc(cc4nc(cc5nc(cc1[nH]2)C=C5)C=C4)[nH]3.c1ccc2ncccc2c1. The van der Waals surface area contributed by atoms with Gasteiger partial charge in [-0.3, -0.25) is 4.98 Å². The summed E-state index contributed by atoms with van der Waals surface area (Å²) in [5.74, 6) is 0. The maximum absolute atomic E-state index is 4.70. The molecule has 4 aromatic heterocycles. The fourth-order valence-corrected chi connectivity index (χ4v) is 4.42. The smallest absolute Gasteiger partial charge is 0.0701 e. The van der Waals surface area contributed by atoms with Gasteiger partial charge in [-0.05, 0) is 90.9 Å². The monoisotopic (exact) mass is 479 g/mol. The molecular formula is C32H25N5. The molecule has 1 aromatic carbocycles. The summed E-state index contributed by atoms with van der Waals surface area (Å²) < 4.78 is 0. The van der Waals surface area contributed by atoms with Crippen molar-refractivity contribution in [2.75, 3.05) is 0 Å². The molecule has 0 aliphatic carbocycles. The number of nitrogens with zero attached hydrogens (tertiary/aromatic N) is 3. The highest BCUT2D eigenvalue weighted by molar-refractivity contribution is 5.79. The number of fused-ring (bicyclic) bond motifs is 9. The van der Waals surface area contributed by atoms with E-state index in [1.165, 1.54) is 10.9 Å². The van der Waals surface area contributed by atoms with Crippen molar-refractivity contribution < 1.29 is 0 Å². The molecule has 0 saturated carbocycles. The van der Waals surface area contributed by atoms with Crippen LogP contribution in [0.4, 0.5) is 0 Å². The molecule has 0 atom stereocenters. The molecule has 0 amide bonds. The number of rotatable bonds is 2. The lowest BCUT2D eigenvalue weighted by Crippen LogP contribution is -1.79. The largest absolute Gasteiger partial charge is 0.355 e. The van der Waals surface area contributed by atoms with Crippen LogP contribution in [0.1, 0.15) is 28.3 Å². The predicted octanol–water partition coefficient (Wildman–Crippen LogP) is 7.62. The number of H-pyrrole nitrogens is 2. The summed E-state index contributed by atoms with van der Waals surface area (Å²) in [6.45, 7) is 3.88. The molecule has 5 nitrogen and oxygen atoms in total. The lowest BCUT2D eigenvalue weighted by atomic mass is 10.2. The standard InChI is InChI=1S/C23H18N4.C9H7N/c1-2-3-15-10-22-13-20-7-6-18(25-20)11-16-4-5-17(24-16)12-19-8-9-21(26-19)14-23(15)27-22;1-2-6-9-8(4-1)5-3-7-10-9/h2,4-14,25,27H,1,3H2;1-7H. The Morgan fingerprint density at radius 2 is 1.32 bits per heavy atom. The third kappa shape index (κ3) is 5.16. The van der Waals surface area contributed by atoms with Crippen molar-refractivity contribution in [2.24, 2.45) is 0 Å². The van der Waals surface area contributed by atoms with Crippen LogP contribution in [0.15, 0.2) is 97.7 Å². The Morgan fingerprint density at radius 3 is 2.08 bits per heavy atom. The van der Waals surface area contributed by atoms with Gasteiger partial charge in [0.05, 0.1) is 28.3 Å². The van der Waals surface area contributed by atoms with Gasteiger partial charge in [0.1, 0.15) is 0 Å². The summed E-state index contributed by atoms with van der Waals surface area (Å²) in [6.07, 6.45) is 12.6. The van der Waals surface area contributed by atoms with Crippen LogP contribution < -0.4 is 0 Å². The number of hydrogen-bond acceptors (Lipinski definition) is 3. The summed E-state index contributed by atoms with van der Waals surface area (Å²) in [5.41, 5.74) is 10.1. The molecule has 7 rings (SSSR count). The van der Waals surface area contributed by atoms with Crippen LogP contribution >= 0.6 is 0 Å². The van der Waals surface area contributed by atoms with E-state index >= 15 is 0 Å². The van der Waals surface area contributed by atoms with Crippen molar-refractivity contribution in [3.8, 4) is 0 Å². The van der Waals surface area contributed by atoms with E-state index in [4.69, 9.17) is 4.98 Å². The van der Waals surface area contributed by atoms with Crippen LogP contribution in [0.25, 0.3) is 57.3 Å². The zero-order valence-electron chi connectivity index (χ0n) is 20.2. The predicted molar refractivity (Wildman–Crippen MR) is 155 cm³/mol. The van der Waals surface area contributed by atoms with Gasteiger partial charge in [0, 0.05) is 33.6 Å². The molecule has 2 aliphatic rings. The second-order valence-corrected chi connectivity index (χ2v) is 8.89. The minimum absolute atomic E-state index is 0.805. The molecule has 0 radical (unpaired) electrons. The van der Waals surface area contributed by atoms with E-state index in [2.05, 4.69) is 69.0 Å². The van der Waals surface area contributed by atoms with Crippen molar-refractivity contribution >= 4 is 57.3 Å². The van der Waals surface area contributed by atoms with Gasteiger partial charge in [-0.25, -0.2) is 9.97 Å². The van der Waals surface area contributed by atoms with Crippen molar-refractivity contribution in [3.63, 3.8) is 0 Å². The molecule has 5 heteroatoms. The van der Waals surface area contributed by atoms with Gasteiger partial charge in [-0.15, -0.1) is 6.58 Å². The third-order valence-electron chi connectivity index (χ3n) is 6.13. The van der Waals surface area contributed by atoms with E-state index in [1.807, 2.05) is 73.0 Å². The molecule has 8 bridgehead atoms. The first-order valence-electron chi connectivity index (χ1n) is 12.2. The number of aromatic nitrogens is 5. The van der Waals surface area contributed by atoms with E-state index in [0.29, 0.717) is 0 Å². The maximum Gasteiger partial charge on any atom is 0.0701 e. The Labute approximate surface area is 214 Å². The molecule has 5 aromatic rings. The van der Waals surface area contributed by atoms with Crippen LogP contribution in [-0.2, 0) is 6.42 Å². The summed E-state index contributed by atoms with van der Waals surface area (Å²) in [4.78, 5) is 20.4. The highest BCUT2D eigenvalue weighted by Crippen LogP contribution is 2.20. The second-order valence-electron chi connectivity index (χ2n) is 8.89. The normalized spacial score (nSPS) is 11.8. The van der Waals surface area contributed by atoms with Gasteiger partial charge >= 0.3 is 0 Å². The molecule has 0 saturated heterocycles. The van der Waals surface area contributed by atoms with Crippen LogP contribution in [-0.4, -0.2) is 24.9 Å². The molecule has 2 N–H and O–H groups in total. The van der Waals surface area contributed by atoms with E-state index in [0.717, 1.165) is 56.8 Å². The zero-order valence-corrected chi connectivity index (χ0v) is 20.2. The Bertz CT molecular complexity index is 1770. The first-order chi connectivity index (χ1) is 18.2. The molecule has 2 aliphatic heterocycles. The number of aromatic amines is 2. The van der Waals surface area contributed by atoms with Crippen LogP contribution in [0, 0.1) is 0 Å². The number of allylic oxidation sites excluding steroid dienone is 1. The Balaban J connectivity index is 0.000000210. The third-order valence-corrected chi connectivity index (χ3v) is 6.13. The molecule has 0 spiro atoms. The Kier molecular flexibility index (Phi) is 6.01. The summed E-state index contributed by atoms with van der Waals surface area (Å²) >= 11 is 0. The van der Waals surface area contributed by atoms with Crippen molar-refractivity contribution in [2.45, 2.75) is 6.42 Å². The number of hydrogen-bond donors (Lipinski definition) is 2. The highest BCUT2D eigenvalue weighted by Gasteiger charge is 2.04. The fourth-order valence-electron chi connectivity index (χ4n) is 4.42. The molecular weight excluding hydrogens is 454 g/mol. The molecule has 0 fully saturated rings. The van der Waals surface area contributed by atoms with E-state index in [-0.39, 0.29) is 0 Å². The van der Waals surface area contributed by atoms with Crippen molar-refractivity contribution in [3.05, 3.63) is 126 Å². The fraction of sp³-hybridized carbons (Fsp3) is 0.0312. The topological polar surface area (TPSA) is 70.2 Å². The molecule has 6 heterocycles. The minimum atomic E-state index is 0.805. The van der Waals surface area contributed by atoms with E-state index < -0.39 is 0 Å². The summed E-state index contributed by atoms with van der Waals surface area (Å²) in [7, 11) is 0. The summed E-state index contributed by atoms with van der Waals surface area (Å²) in [6, 6.07) is 26.6. The van der Waals surface area contributed by atoms with E-state index in [9.17, 15) is 0 Å². The lowest BCUT2D eigenvalue weighted by Gasteiger charge is -1.91. The number of benzene rings is 1. The van der Waals surface area contributed by atoms with Crippen molar-refractivity contribution in [1.82, 2.24) is 24.9 Å². The number of para-hydroxylation sites is 1. The Hall–Kier alpha value is -5.03. The average Bonchev–Trinajstić information content (AvgIpc) is 3.71. The van der Waals surface area contributed by atoms with Gasteiger partial charge in [0.25, 0.3) is 0 Å². The molecule has 37 heavy (non-hydrogen) atoms. The molecule has 0 unspecified atom stereocenters. The summed E-state index contributed by atoms with van der Waals surface area (Å²) in [5, 5.41) is 1.20. The van der Waals surface area contributed by atoms with Crippen LogP contribution in [0.5, 0.6) is 0 Å². The van der Waals surface area contributed by atoms with Gasteiger partial charge in [0.15, 0.2) is 0 Å². The first kappa shape index (κ1) is 22.4. The maximum atomic E-state index is 4.70. The van der Waals surface area contributed by atoms with Gasteiger partial charge < -0.3 is 9.97 Å². The zero-order chi connectivity index (χ0) is 25.0. The lowest BCUT2D eigenvalue weighted by molar-refractivity contribution is 1.27. The van der Waals surface area contributed by atoms with Crippen LogP contribution in [0.3, 0.4) is 0 Å². The van der Waals surface area contributed by atoms with E-state index in [1.54, 1.807) is 0 Å². The second kappa shape index (κ2) is 9.91. The highest BCUT2D eigenvalue weighted by atomic mass is 14.8. The Morgan fingerprint density at radius 1 is 0.649 bits per heavy atom. The number of nitrogens with one attached hydrogen (secondary N) is 2. The van der Waals surface area contributed by atoms with Gasteiger partial charge in [-0.1, -0.05) is 30.3 Å². The number of pyridine rings is 1. The van der Waals surface area contributed by atoms with Crippen molar-refractivity contribution in [1.29, 1.82) is 0 Å².